The molecular weight excluding hydrogens is 204 g/mol. The Balaban J connectivity index is 2.04. The second-order valence-electron chi connectivity index (χ2n) is 4.72. The number of carboxylic acids is 1. The molecule has 88 valence electrons. The van der Waals surface area contributed by atoms with Crippen molar-refractivity contribution in [3.05, 3.63) is 17.5 Å². The molecule has 0 saturated heterocycles. The lowest BCUT2D eigenvalue weighted by atomic mass is 9.86. The molecule has 1 fully saturated rings. The van der Waals surface area contributed by atoms with Crippen LogP contribution in [-0.2, 0) is 4.79 Å². The lowest BCUT2D eigenvalue weighted by Crippen LogP contribution is -2.24. The van der Waals surface area contributed by atoms with E-state index in [1.807, 2.05) is 6.92 Å². The highest BCUT2D eigenvalue weighted by atomic mass is 16.4. The number of aromatic nitrogens is 2. The first-order chi connectivity index (χ1) is 7.58. The van der Waals surface area contributed by atoms with E-state index in [0.717, 1.165) is 31.4 Å². The first-order valence-corrected chi connectivity index (χ1v) is 5.83. The van der Waals surface area contributed by atoms with E-state index in [2.05, 4.69) is 22.8 Å². The van der Waals surface area contributed by atoms with E-state index in [0.29, 0.717) is 6.04 Å². The van der Waals surface area contributed by atoms with Gasteiger partial charge in [0.15, 0.2) is 0 Å². The van der Waals surface area contributed by atoms with Gasteiger partial charge < -0.3 is 5.11 Å². The summed E-state index contributed by atoms with van der Waals surface area (Å²) in [7, 11) is 0. The summed E-state index contributed by atoms with van der Waals surface area (Å²) in [6.45, 7) is 4.05. The molecule has 0 spiro atoms. The molecule has 4 nitrogen and oxygen atoms in total. The average molecular weight is 222 g/mol. The van der Waals surface area contributed by atoms with Crippen LogP contribution in [0.1, 0.15) is 43.1 Å². The van der Waals surface area contributed by atoms with Gasteiger partial charge >= 0.3 is 5.97 Å². The molecule has 0 amide bonds. The Morgan fingerprint density at radius 1 is 1.38 bits per heavy atom. The van der Waals surface area contributed by atoms with Crippen LogP contribution in [0, 0.1) is 19.8 Å². The van der Waals surface area contributed by atoms with Gasteiger partial charge in [-0.25, -0.2) is 0 Å². The third kappa shape index (κ3) is 2.10. The quantitative estimate of drug-likeness (QED) is 0.835. The highest BCUT2D eigenvalue weighted by molar-refractivity contribution is 5.70. The van der Waals surface area contributed by atoms with Crippen LogP contribution in [0.4, 0.5) is 0 Å². The first kappa shape index (κ1) is 11.2. The Morgan fingerprint density at radius 3 is 2.44 bits per heavy atom. The summed E-state index contributed by atoms with van der Waals surface area (Å²) in [6, 6.07) is 2.47. The van der Waals surface area contributed by atoms with Crippen molar-refractivity contribution in [2.75, 3.05) is 0 Å². The number of carboxylic acid groups (broad SMARTS) is 1. The van der Waals surface area contributed by atoms with Crippen molar-refractivity contribution in [3.8, 4) is 0 Å². The number of aryl methyl sites for hydroxylation is 2. The van der Waals surface area contributed by atoms with Gasteiger partial charge in [0.25, 0.3) is 0 Å². The minimum atomic E-state index is -0.646. The molecule has 0 aliphatic heterocycles. The fraction of sp³-hybridized carbons (Fsp3) is 0.667. The third-order valence-electron chi connectivity index (χ3n) is 3.44. The number of hydrogen-bond acceptors (Lipinski definition) is 2. The van der Waals surface area contributed by atoms with Crippen molar-refractivity contribution < 1.29 is 9.90 Å². The van der Waals surface area contributed by atoms with Gasteiger partial charge in [-0.15, -0.1) is 0 Å². The number of rotatable bonds is 2. The molecule has 1 aromatic heterocycles. The average Bonchev–Trinajstić information content (AvgIpc) is 2.58. The van der Waals surface area contributed by atoms with Gasteiger partial charge in [-0.3, -0.25) is 9.48 Å². The highest BCUT2D eigenvalue weighted by Gasteiger charge is 2.27. The molecule has 0 radical (unpaired) electrons. The zero-order valence-electron chi connectivity index (χ0n) is 9.81. The summed E-state index contributed by atoms with van der Waals surface area (Å²) < 4.78 is 2.06. The molecule has 1 aliphatic carbocycles. The summed E-state index contributed by atoms with van der Waals surface area (Å²) in [5.41, 5.74) is 2.22. The first-order valence-electron chi connectivity index (χ1n) is 5.83. The van der Waals surface area contributed by atoms with Crippen LogP contribution in [0.3, 0.4) is 0 Å². The minimum absolute atomic E-state index is 0.145. The van der Waals surface area contributed by atoms with E-state index in [9.17, 15) is 4.79 Å². The zero-order chi connectivity index (χ0) is 11.7. The van der Waals surface area contributed by atoms with Crippen LogP contribution in [0.25, 0.3) is 0 Å². The molecule has 0 bridgehead atoms. The molecule has 16 heavy (non-hydrogen) atoms. The van der Waals surface area contributed by atoms with E-state index in [1.165, 1.54) is 5.69 Å². The molecular formula is C12H18N2O2. The summed E-state index contributed by atoms with van der Waals surface area (Å²) in [5, 5.41) is 13.4. The van der Waals surface area contributed by atoms with Crippen LogP contribution >= 0.6 is 0 Å². The Bertz CT molecular complexity index is 390. The molecule has 0 atom stereocenters. The topological polar surface area (TPSA) is 55.1 Å². The Morgan fingerprint density at radius 2 is 2.00 bits per heavy atom. The Hall–Kier alpha value is -1.32. The van der Waals surface area contributed by atoms with Crippen LogP contribution in [0.5, 0.6) is 0 Å². The SMILES string of the molecule is Cc1cc(C)n(C2CCC(C(=O)O)CC2)n1. The maximum absolute atomic E-state index is 10.8. The van der Waals surface area contributed by atoms with Crippen molar-refractivity contribution >= 4 is 5.97 Å². The summed E-state index contributed by atoms with van der Waals surface area (Å²) >= 11 is 0. The summed E-state index contributed by atoms with van der Waals surface area (Å²) in [5.74, 6) is -0.792. The maximum atomic E-state index is 10.8. The van der Waals surface area contributed by atoms with Crippen molar-refractivity contribution in [2.45, 2.75) is 45.6 Å². The van der Waals surface area contributed by atoms with E-state index < -0.39 is 5.97 Å². The predicted octanol–water partition coefficient (Wildman–Crippen LogP) is 2.32. The van der Waals surface area contributed by atoms with Crippen LogP contribution in [0.15, 0.2) is 6.07 Å². The second-order valence-corrected chi connectivity index (χ2v) is 4.72. The van der Waals surface area contributed by atoms with Crippen molar-refractivity contribution in [1.29, 1.82) is 0 Å². The number of aliphatic carboxylic acids is 1. The number of nitrogens with zero attached hydrogens (tertiary/aromatic N) is 2. The molecule has 1 saturated carbocycles. The maximum Gasteiger partial charge on any atom is 0.306 e. The fourth-order valence-electron chi connectivity index (χ4n) is 2.58. The predicted molar refractivity (Wildman–Crippen MR) is 60.3 cm³/mol. The van der Waals surface area contributed by atoms with Crippen LogP contribution in [0.2, 0.25) is 0 Å². The largest absolute Gasteiger partial charge is 0.481 e. The highest BCUT2D eigenvalue weighted by Crippen LogP contribution is 2.32. The molecule has 1 N–H and O–H groups in total. The van der Waals surface area contributed by atoms with E-state index in [-0.39, 0.29) is 5.92 Å². The van der Waals surface area contributed by atoms with Gasteiger partial charge in [-0.05, 0) is 45.6 Å². The molecule has 1 aromatic rings. The van der Waals surface area contributed by atoms with Crippen molar-refractivity contribution in [2.24, 2.45) is 5.92 Å². The van der Waals surface area contributed by atoms with Crippen LogP contribution in [-0.4, -0.2) is 20.9 Å². The van der Waals surface area contributed by atoms with Gasteiger partial charge in [-0.1, -0.05) is 0 Å². The number of carbonyl (C=O) groups is 1. The van der Waals surface area contributed by atoms with Crippen molar-refractivity contribution in [1.82, 2.24) is 9.78 Å². The second kappa shape index (κ2) is 4.28. The Kier molecular flexibility index (Phi) is 2.99. The molecule has 1 aliphatic rings. The fourth-order valence-corrected chi connectivity index (χ4v) is 2.58. The normalized spacial score (nSPS) is 25.6. The van der Waals surface area contributed by atoms with Gasteiger partial charge in [0, 0.05) is 5.69 Å². The lowest BCUT2D eigenvalue weighted by molar-refractivity contribution is -0.143. The van der Waals surface area contributed by atoms with E-state index in [1.54, 1.807) is 0 Å². The summed E-state index contributed by atoms with van der Waals surface area (Å²) in [6.07, 6.45) is 3.41. The minimum Gasteiger partial charge on any atom is -0.481 e. The van der Waals surface area contributed by atoms with Crippen molar-refractivity contribution in [3.63, 3.8) is 0 Å². The zero-order valence-corrected chi connectivity index (χ0v) is 9.81. The lowest BCUT2D eigenvalue weighted by Gasteiger charge is -2.27. The smallest absolute Gasteiger partial charge is 0.306 e. The Labute approximate surface area is 95.3 Å². The van der Waals surface area contributed by atoms with Gasteiger partial charge in [0.1, 0.15) is 0 Å². The van der Waals surface area contributed by atoms with E-state index in [4.69, 9.17) is 5.11 Å². The molecule has 1 heterocycles. The van der Waals surface area contributed by atoms with Crippen LogP contribution < -0.4 is 0 Å². The monoisotopic (exact) mass is 222 g/mol. The molecule has 4 heteroatoms. The van der Waals surface area contributed by atoms with Gasteiger partial charge in [0.2, 0.25) is 0 Å². The third-order valence-corrected chi connectivity index (χ3v) is 3.44. The standard InChI is InChI=1S/C12H18N2O2/c1-8-7-9(2)14(13-8)11-5-3-10(4-6-11)12(15)16/h7,10-11H,3-6H2,1-2H3,(H,15,16). The molecule has 0 unspecified atom stereocenters. The van der Waals surface area contributed by atoms with Gasteiger partial charge in [-0.2, -0.15) is 5.10 Å². The summed E-state index contributed by atoms with van der Waals surface area (Å²) in [4.78, 5) is 10.8. The molecule has 0 aromatic carbocycles. The molecule has 2 rings (SSSR count). The number of hydrogen-bond donors (Lipinski definition) is 1. The van der Waals surface area contributed by atoms with E-state index >= 15 is 0 Å². The van der Waals surface area contributed by atoms with Gasteiger partial charge in [0.05, 0.1) is 17.7 Å².